The Bertz CT molecular complexity index is 206. The molecule has 0 bridgehead atoms. The van der Waals surface area contributed by atoms with Crippen LogP contribution in [0.15, 0.2) is 12.2 Å². The van der Waals surface area contributed by atoms with E-state index in [1.807, 2.05) is 21.0 Å². The van der Waals surface area contributed by atoms with Crippen molar-refractivity contribution < 1.29 is 9.59 Å². The lowest BCUT2D eigenvalue weighted by atomic mass is 10.3. The van der Waals surface area contributed by atoms with Gasteiger partial charge in [-0.25, -0.2) is 0 Å². The number of rotatable bonds is 3. The maximum Gasteiger partial charge on any atom is 0.253 e. The molecule has 4 heteroatoms. The molecule has 1 aliphatic rings. The summed E-state index contributed by atoms with van der Waals surface area (Å²) >= 11 is 0. The van der Waals surface area contributed by atoms with Crippen LogP contribution in [0.3, 0.4) is 0 Å². The van der Waals surface area contributed by atoms with Gasteiger partial charge in [0, 0.05) is 18.7 Å². The van der Waals surface area contributed by atoms with Gasteiger partial charge in [-0.2, -0.15) is 0 Å². The second-order valence-corrected chi connectivity index (χ2v) is 3.02. The summed E-state index contributed by atoms with van der Waals surface area (Å²) in [7, 11) is 3.75. The van der Waals surface area contributed by atoms with Crippen molar-refractivity contribution in [2.24, 2.45) is 0 Å². The first-order chi connectivity index (χ1) is 6.67. The molecule has 0 spiro atoms. The predicted molar refractivity (Wildman–Crippen MR) is 55.8 cm³/mol. The summed E-state index contributed by atoms with van der Waals surface area (Å²) in [5.41, 5.74) is 0. The topological polar surface area (TPSA) is 49.4 Å². The average molecular weight is 198 g/mol. The molecule has 0 atom stereocenters. The lowest BCUT2D eigenvalue weighted by molar-refractivity contribution is -0.136. The van der Waals surface area contributed by atoms with Gasteiger partial charge in [0.05, 0.1) is 0 Å². The molecule has 0 unspecified atom stereocenters. The summed E-state index contributed by atoms with van der Waals surface area (Å²) in [5, 5.41) is 2.75. The molecule has 14 heavy (non-hydrogen) atoms. The maximum atomic E-state index is 10.9. The zero-order chi connectivity index (χ0) is 11.0. The number of unbranched alkanes of at least 4 members (excludes halogenated alkanes) is 1. The standard InChI is InChI=1S/C8H11NO2.C2H7N/c1-2-3-6-9-7(10)4-5-8(9)11;1-3-2/h4-5H,2-3,6H2,1H3;3H,1-2H3. The number of hydrogen-bond acceptors (Lipinski definition) is 3. The van der Waals surface area contributed by atoms with Crippen LogP contribution in [0, 0.1) is 0 Å². The van der Waals surface area contributed by atoms with Gasteiger partial charge in [-0.1, -0.05) is 13.3 Å². The Hall–Kier alpha value is -1.16. The first-order valence-corrected chi connectivity index (χ1v) is 4.79. The van der Waals surface area contributed by atoms with Crippen LogP contribution in [-0.2, 0) is 9.59 Å². The normalized spacial score (nSPS) is 14.4. The first-order valence-electron chi connectivity index (χ1n) is 4.79. The molecule has 0 saturated heterocycles. The van der Waals surface area contributed by atoms with E-state index >= 15 is 0 Å². The minimum atomic E-state index is -0.177. The molecule has 2 amide bonds. The van der Waals surface area contributed by atoms with E-state index in [0.29, 0.717) is 6.54 Å². The predicted octanol–water partition coefficient (Wildman–Crippen LogP) is 0.547. The van der Waals surface area contributed by atoms with Crippen molar-refractivity contribution in [2.45, 2.75) is 19.8 Å². The summed E-state index contributed by atoms with van der Waals surface area (Å²) in [4.78, 5) is 23.1. The van der Waals surface area contributed by atoms with E-state index in [2.05, 4.69) is 5.32 Å². The molecular formula is C10H18N2O2. The quantitative estimate of drug-likeness (QED) is 0.674. The number of imide groups is 1. The Morgan fingerprint density at radius 3 is 2.00 bits per heavy atom. The van der Waals surface area contributed by atoms with E-state index in [9.17, 15) is 9.59 Å². The molecule has 0 radical (unpaired) electrons. The van der Waals surface area contributed by atoms with Gasteiger partial charge >= 0.3 is 0 Å². The van der Waals surface area contributed by atoms with E-state index in [1.165, 1.54) is 17.1 Å². The number of amides is 2. The van der Waals surface area contributed by atoms with Gasteiger partial charge in [0.15, 0.2) is 0 Å². The average Bonchev–Trinajstić information content (AvgIpc) is 2.45. The highest BCUT2D eigenvalue weighted by molar-refractivity contribution is 6.12. The summed E-state index contributed by atoms with van der Waals surface area (Å²) in [6, 6.07) is 0. The molecular weight excluding hydrogens is 180 g/mol. The van der Waals surface area contributed by atoms with E-state index in [0.717, 1.165) is 12.8 Å². The molecule has 80 valence electrons. The van der Waals surface area contributed by atoms with Crippen molar-refractivity contribution in [3.05, 3.63) is 12.2 Å². The third-order valence-electron chi connectivity index (χ3n) is 1.64. The second-order valence-electron chi connectivity index (χ2n) is 3.02. The lowest BCUT2D eigenvalue weighted by Gasteiger charge is -2.11. The molecule has 0 fully saturated rings. The molecule has 1 N–H and O–H groups in total. The Labute approximate surface area is 85.0 Å². The van der Waals surface area contributed by atoms with Crippen molar-refractivity contribution in [2.75, 3.05) is 20.6 Å². The van der Waals surface area contributed by atoms with Crippen LogP contribution in [0.25, 0.3) is 0 Å². The monoisotopic (exact) mass is 198 g/mol. The van der Waals surface area contributed by atoms with Gasteiger partial charge in [-0.15, -0.1) is 0 Å². The molecule has 0 aromatic rings. The third kappa shape index (κ3) is 4.18. The Morgan fingerprint density at radius 1 is 1.21 bits per heavy atom. The number of nitrogens with zero attached hydrogens (tertiary/aromatic N) is 1. The fraction of sp³-hybridized carbons (Fsp3) is 0.600. The SMILES string of the molecule is CCCCN1C(=O)C=CC1=O.CNC. The molecule has 0 saturated carbocycles. The number of carbonyl (C=O) groups excluding carboxylic acids is 2. The van der Waals surface area contributed by atoms with Gasteiger partial charge < -0.3 is 5.32 Å². The van der Waals surface area contributed by atoms with Crippen molar-refractivity contribution in [3.8, 4) is 0 Å². The van der Waals surface area contributed by atoms with Crippen molar-refractivity contribution in [3.63, 3.8) is 0 Å². The van der Waals surface area contributed by atoms with E-state index < -0.39 is 0 Å². The molecule has 0 aromatic carbocycles. The first kappa shape index (κ1) is 12.8. The highest BCUT2D eigenvalue weighted by Gasteiger charge is 2.21. The minimum Gasteiger partial charge on any atom is -0.323 e. The summed E-state index contributed by atoms with van der Waals surface area (Å²) < 4.78 is 0. The van der Waals surface area contributed by atoms with Crippen LogP contribution in [0.2, 0.25) is 0 Å². The van der Waals surface area contributed by atoms with Gasteiger partial charge in [-0.05, 0) is 20.5 Å². The molecule has 4 nitrogen and oxygen atoms in total. The van der Waals surface area contributed by atoms with E-state index in [4.69, 9.17) is 0 Å². The molecule has 1 aliphatic heterocycles. The Kier molecular flexibility index (Phi) is 6.66. The van der Waals surface area contributed by atoms with Gasteiger partial charge in [-0.3, -0.25) is 14.5 Å². The summed E-state index contributed by atoms with van der Waals surface area (Å²) in [5.74, 6) is -0.355. The zero-order valence-electron chi connectivity index (χ0n) is 9.04. The largest absolute Gasteiger partial charge is 0.323 e. The lowest BCUT2D eigenvalue weighted by Crippen LogP contribution is -2.30. The number of hydrogen-bond donors (Lipinski definition) is 1. The van der Waals surface area contributed by atoms with Crippen molar-refractivity contribution in [1.82, 2.24) is 10.2 Å². The summed E-state index contributed by atoms with van der Waals surface area (Å²) in [6.07, 6.45) is 4.52. The number of nitrogens with one attached hydrogen (secondary N) is 1. The zero-order valence-corrected chi connectivity index (χ0v) is 9.04. The molecule has 0 aromatic heterocycles. The highest BCUT2D eigenvalue weighted by atomic mass is 16.2. The smallest absolute Gasteiger partial charge is 0.253 e. The van der Waals surface area contributed by atoms with Gasteiger partial charge in [0.2, 0.25) is 0 Å². The maximum absolute atomic E-state index is 10.9. The van der Waals surface area contributed by atoms with Gasteiger partial charge in [0.1, 0.15) is 0 Å². The van der Waals surface area contributed by atoms with Crippen LogP contribution in [-0.4, -0.2) is 37.4 Å². The Balaban J connectivity index is 0.000000500. The fourth-order valence-electron chi connectivity index (χ4n) is 0.968. The van der Waals surface area contributed by atoms with Gasteiger partial charge in [0.25, 0.3) is 11.8 Å². The van der Waals surface area contributed by atoms with Crippen LogP contribution in [0.1, 0.15) is 19.8 Å². The van der Waals surface area contributed by atoms with Crippen LogP contribution < -0.4 is 5.32 Å². The molecule has 0 aliphatic carbocycles. The minimum absolute atomic E-state index is 0.177. The summed E-state index contributed by atoms with van der Waals surface area (Å²) in [6.45, 7) is 2.58. The Morgan fingerprint density at radius 2 is 1.64 bits per heavy atom. The molecule has 1 heterocycles. The van der Waals surface area contributed by atoms with Crippen molar-refractivity contribution in [1.29, 1.82) is 0 Å². The molecule has 1 rings (SSSR count). The highest BCUT2D eigenvalue weighted by Crippen LogP contribution is 2.04. The van der Waals surface area contributed by atoms with E-state index in [-0.39, 0.29) is 11.8 Å². The van der Waals surface area contributed by atoms with Crippen LogP contribution in [0.5, 0.6) is 0 Å². The second kappa shape index (κ2) is 7.26. The van der Waals surface area contributed by atoms with Crippen LogP contribution >= 0.6 is 0 Å². The third-order valence-corrected chi connectivity index (χ3v) is 1.64. The van der Waals surface area contributed by atoms with E-state index in [1.54, 1.807) is 0 Å². The number of carbonyl (C=O) groups is 2. The van der Waals surface area contributed by atoms with Crippen molar-refractivity contribution >= 4 is 11.8 Å². The van der Waals surface area contributed by atoms with Crippen LogP contribution in [0.4, 0.5) is 0 Å². The fourth-order valence-corrected chi connectivity index (χ4v) is 0.968.